The first-order valence-electron chi connectivity index (χ1n) is 5.15. The Morgan fingerprint density at radius 3 is 2.94 bits per heavy atom. The first kappa shape index (κ1) is 10.5. The van der Waals surface area contributed by atoms with E-state index in [9.17, 15) is 0 Å². The average Bonchev–Trinajstić information content (AvgIpc) is 2.64. The van der Waals surface area contributed by atoms with Gasteiger partial charge in [-0.05, 0) is 6.07 Å². The van der Waals surface area contributed by atoms with Crippen molar-refractivity contribution in [2.75, 3.05) is 18.9 Å². The molecule has 0 atom stereocenters. The molecule has 0 amide bonds. The van der Waals surface area contributed by atoms with Crippen molar-refractivity contribution in [2.45, 2.75) is 5.92 Å². The Balaban J connectivity index is 1.94. The molecule has 3 heterocycles. The smallest absolute Gasteiger partial charge is 0.174 e. The summed E-state index contributed by atoms with van der Waals surface area (Å²) >= 11 is 6.04. The number of nitrogens with zero attached hydrogens (tertiary/aromatic N) is 4. The minimum absolute atomic E-state index is 0.330. The van der Waals surface area contributed by atoms with Crippen LogP contribution in [0.15, 0.2) is 18.5 Å². The predicted molar refractivity (Wildman–Crippen MR) is 62.1 cm³/mol. The summed E-state index contributed by atoms with van der Waals surface area (Å²) in [5.74, 6) is 0.858. The first-order valence-corrected chi connectivity index (χ1v) is 5.53. The molecule has 0 aromatic carbocycles. The van der Waals surface area contributed by atoms with E-state index in [-0.39, 0.29) is 0 Å². The van der Waals surface area contributed by atoms with Crippen LogP contribution in [0.25, 0.3) is 5.82 Å². The van der Waals surface area contributed by atoms with Gasteiger partial charge >= 0.3 is 0 Å². The quantitative estimate of drug-likeness (QED) is 0.862. The van der Waals surface area contributed by atoms with Crippen molar-refractivity contribution in [3.63, 3.8) is 0 Å². The Hall–Kier alpha value is -1.66. The maximum absolute atomic E-state index is 6.04. The topological polar surface area (TPSA) is 78.8 Å². The average molecular weight is 252 g/mol. The Kier molecular flexibility index (Phi) is 2.45. The van der Waals surface area contributed by atoms with Crippen LogP contribution in [0.1, 0.15) is 11.6 Å². The summed E-state index contributed by atoms with van der Waals surface area (Å²) in [6.45, 7) is 1.39. The molecular weight excluding hydrogens is 242 g/mol. The molecule has 88 valence electrons. The molecule has 2 N–H and O–H groups in total. The van der Waals surface area contributed by atoms with E-state index in [0.29, 0.717) is 35.7 Å². The summed E-state index contributed by atoms with van der Waals surface area (Å²) in [4.78, 5) is 4.14. The number of ether oxygens (including phenoxy) is 1. The van der Waals surface area contributed by atoms with Crippen LogP contribution < -0.4 is 5.73 Å². The summed E-state index contributed by atoms with van der Waals surface area (Å²) in [6, 6.07) is 1.64. The highest BCUT2D eigenvalue weighted by Gasteiger charge is 2.24. The molecule has 0 saturated carbocycles. The highest BCUT2D eigenvalue weighted by Crippen LogP contribution is 2.24. The minimum atomic E-state index is 0.330. The lowest BCUT2D eigenvalue weighted by atomic mass is 10.1. The third kappa shape index (κ3) is 1.85. The fourth-order valence-corrected chi connectivity index (χ4v) is 1.85. The van der Waals surface area contributed by atoms with Crippen LogP contribution in [0.2, 0.25) is 5.02 Å². The van der Waals surface area contributed by atoms with Gasteiger partial charge in [0.25, 0.3) is 0 Å². The van der Waals surface area contributed by atoms with Crippen LogP contribution in [0.4, 0.5) is 5.69 Å². The van der Waals surface area contributed by atoms with E-state index in [1.54, 1.807) is 10.7 Å². The number of halogens is 1. The summed E-state index contributed by atoms with van der Waals surface area (Å²) in [6.07, 6.45) is 3.35. The molecule has 17 heavy (non-hydrogen) atoms. The summed E-state index contributed by atoms with van der Waals surface area (Å²) in [5.41, 5.74) is 7.00. The predicted octanol–water partition coefficient (Wildman–Crippen LogP) is 1.01. The second-order valence-corrected chi connectivity index (χ2v) is 4.30. The zero-order chi connectivity index (χ0) is 11.8. The lowest BCUT2D eigenvalue weighted by Gasteiger charge is -2.23. The number of aromatic nitrogens is 4. The molecule has 7 heteroatoms. The molecule has 0 radical (unpaired) electrons. The maximum atomic E-state index is 6.04. The molecule has 2 aromatic rings. The zero-order valence-corrected chi connectivity index (χ0v) is 9.63. The monoisotopic (exact) mass is 251 g/mol. The van der Waals surface area contributed by atoms with Crippen LogP contribution in [0, 0.1) is 0 Å². The Labute approximate surface area is 102 Å². The third-order valence-corrected chi connectivity index (χ3v) is 2.91. The van der Waals surface area contributed by atoms with Gasteiger partial charge in [-0.2, -0.15) is 0 Å². The van der Waals surface area contributed by atoms with Crippen molar-refractivity contribution < 1.29 is 4.74 Å². The molecule has 0 aliphatic carbocycles. The van der Waals surface area contributed by atoms with Crippen molar-refractivity contribution in [2.24, 2.45) is 0 Å². The van der Waals surface area contributed by atoms with E-state index >= 15 is 0 Å². The van der Waals surface area contributed by atoms with Gasteiger partial charge in [0.05, 0.1) is 47.9 Å². The van der Waals surface area contributed by atoms with Crippen molar-refractivity contribution in [1.29, 1.82) is 0 Å². The second kappa shape index (κ2) is 3.97. The standard InChI is InChI=1S/C10H10ClN5O/c11-8-1-7(12)2-13-10(8)16-3-9(14-15-16)6-4-17-5-6/h1-3,6H,4-5,12H2. The van der Waals surface area contributed by atoms with Crippen LogP contribution in [-0.2, 0) is 4.74 Å². The highest BCUT2D eigenvalue weighted by atomic mass is 35.5. The number of nitrogen functional groups attached to an aromatic ring is 1. The third-order valence-electron chi connectivity index (χ3n) is 2.63. The summed E-state index contributed by atoms with van der Waals surface area (Å²) in [7, 11) is 0. The van der Waals surface area contributed by atoms with Gasteiger partial charge in [-0.25, -0.2) is 9.67 Å². The fourth-order valence-electron chi connectivity index (χ4n) is 1.59. The van der Waals surface area contributed by atoms with E-state index in [0.717, 1.165) is 5.69 Å². The number of rotatable bonds is 2. The first-order chi connectivity index (χ1) is 8.24. The summed E-state index contributed by atoms with van der Waals surface area (Å²) < 4.78 is 6.66. The van der Waals surface area contributed by atoms with Crippen LogP contribution in [-0.4, -0.2) is 33.2 Å². The normalized spacial score (nSPS) is 15.8. The van der Waals surface area contributed by atoms with E-state index in [2.05, 4.69) is 15.3 Å². The Morgan fingerprint density at radius 1 is 1.47 bits per heavy atom. The van der Waals surface area contributed by atoms with E-state index < -0.39 is 0 Å². The SMILES string of the molecule is Nc1cnc(-n2cc(C3COC3)nn2)c(Cl)c1. The van der Waals surface area contributed by atoms with Crippen LogP contribution >= 0.6 is 11.6 Å². The van der Waals surface area contributed by atoms with Crippen LogP contribution in [0.5, 0.6) is 0 Å². The molecular formula is C10H10ClN5O. The lowest BCUT2D eigenvalue weighted by molar-refractivity contribution is 0.00667. The number of nitrogens with two attached hydrogens (primary N) is 1. The van der Waals surface area contributed by atoms with Gasteiger partial charge in [-0.3, -0.25) is 0 Å². The fraction of sp³-hybridized carbons (Fsp3) is 0.300. The van der Waals surface area contributed by atoms with Gasteiger partial charge in [0.2, 0.25) is 0 Å². The molecule has 2 aromatic heterocycles. The largest absolute Gasteiger partial charge is 0.397 e. The van der Waals surface area contributed by atoms with Gasteiger partial charge < -0.3 is 10.5 Å². The number of pyridine rings is 1. The number of hydrogen-bond acceptors (Lipinski definition) is 5. The Bertz CT molecular complexity index is 551. The van der Waals surface area contributed by atoms with Gasteiger partial charge in [0.15, 0.2) is 5.82 Å². The molecule has 1 saturated heterocycles. The van der Waals surface area contributed by atoms with E-state index in [1.807, 2.05) is 6.20 Å². The molecule has 1 fully saturated rings. The Morgan fingerprint density at radius 2 is 2.29 bits per heavy atom. The van der Waals surface area contributed by atoms with Crippen molar-refractivity contribution in [1.82, 2.24) is 20.0 Å². The molecule has 1 aliphatic heterocycles. The molecule has 1 aliphatic rings. The van der Waals surface area contributed by atoms with Crippen molar-refractivity contribution >= 4 is 17.3 Å². The van der Waals surface area contributed by atoms with Gasteiger partial charge in [-0.1, -0.05) is 16.8 Å². The minimum Gasteiger partial charge on any atom is -0.397 e. The van der Waals surface area contributed by atoms with Gasteiger partial charge in [-0.15, -0.1) is 5.10 Å². The number of hydrogen-bond donors (Lipinski definition) is 1. The summed E-state index contributed by atoms with van der Waals surface area (Å²) in [5, 5.41) is 8.53. The molecule has 6 nitrogen and oxygen atoms in total. The molecule has 0 bridgehead atoms. The van der Waals surface area contributed by atoms with Gasteiger partial charge in [0, 0.05) is 0 Å². The lowest BCUT2D eigenvalue weighted by Crippen LogP contribution is -2.25. The maximum Gasteiger partial charge on any atom is 0.174 e. The zero-order valence-electron chi connectivity index (χ0n) is 8.88. The highest BCUT2D eigenvalue weighted by molar-refractivity contribution is 6.32. The van der Waals surface area contributed by atoms with Gasteiger partial charge in [0.1, 0.15) is 0 Å². The van der Waals surface area contributed by atoms with E-state index in [1.165, 1.54) is 6.20 Å². The second-order valence-electron chi connectivity index (χ2n) is 3.90. The molecule has 3 rings (SSSR count). The molecule has 0 spiro atoms. The molecule has 0 unspecified atom stereocenters. The number of anilines is 1. The van der Waals surface area contributed by atoms with E-state index in [4.69, 9.17) is 22.1 Å². The van der Waals surface area contributed by atoms with Crippen molar-refractivity contribution in [3.05, 3.63) is 29.2 Å². The van der Waals surface area contributed by atoms with Crippen LogP contribution in [0.3, 0.4) is 0 Å². The van der Waals surface area contributed by atoms with Crippen molar-refractivity contribution in [3.8, 4) is 5.82 Å².